The monoisotopic (exact) mass is 307 g/mol. The third-order valence-corrected chi connectivity index (χ3v) is 3.38. The largest absolute Gasteiger partial charge is 0.486 e. The van der Waals surface area contributed by atoms with Crippen LogP contribution >= 0.6 is 11.6 Å². The summed E-state index contributed by atoms with van der Waals surface area (Å²) in [5.74, 6) is 1.38. The molecule has 3 rings (SSSR count). The van der Waals surface area contributed by atoms with E-state index in [9.17, 15) is 4.79 Å². The van der Waals surface area contributed by atoms with Crippen molar-refractivity contribution in [3.8, 4) is 11.5 Å². The van der Waals surface area contributed by atoms with E-state index in [4.69, 9.17) is 25.5 Å². The molecule has 110 valence electrons. The molecule has 0 N–H and O–H groups in total. The second kappa shape index (κ2) is 5.69. The van der Waals surface area contributed by atoms with Crippen LogP contribution in [0, 0.1) is 0 Å². The number of benzene rings is 1. The highest BCUT2D eigenvalue weighted by Gasteiger charge is 2.25. The van der Waals surface area contributed by atoms with E-state index in [1.165, 1.54) is 4.90 Å². The van der Waals surface area contributed by atoms with Gasteiger partial charge in [-0.25, -0.2) is 0 Å². The van der Waals surface area contributed by atoms with Gasteiger partial charge >= 0.3 is 0 Å². The average Bonchev–Trinajstić information content (AvgIpc) is 2.93. The molecular weight excluding hydrogens is 294 g/mol. The molecule has 0 saturated carbocycles. The van der Waals surface area contributed by atoms with Gasteiger partial charge in [0.05, 0.1) is 6.54 Å². The third-order valence-electron chi connectivity index (χ3n) is 3.18. The minimum Gasteiger partial charge on any atom is -0.486 e. The number of carbonyl (C=O) groups is 1. The Hall–Kier alpha value is -2.14. The summed E-state index contributed by atoms with van der Waals surface area (Å²) >= 11 is 5.68. The molecule has 0 aliphatic carbocycles. The molecule has 2 aromatic rings. The van der Waals surface area contributed by atoms with Crippen LogP contribution < -0.4 is 9.47 Å². The molecule has 0 spiro atoms. The fourth-order valence-corrected chi connectivity index (χ4v) is 2.30. The van der Waals surface area contributed by atoms with Crippen LogP contribution in [0.4, 0.5) is 0 Å². The Kier molecular flexibility index (Phi) is 3.75. The number of hydrogen-bond acceptors (Lipinski definition) is 4. The van der Waals surface area contributed by atoms with Crippen LogP contribution in [0.15, 0.2) is 40.8 Å². The molecule has 1 atom stereocenters. The zero-order valence-corrected chi connectivity index (χ0v) is 12.2. The highest BCUT2D eigenvalue weighted by molar-refractivity contribution is 6.29. The Labute approximate surface area is 127 Å². The number of para-hydroxylation sites is 2. The van der Waals surface area contributed by atoms with Crippen LogP contribution in [0.5, 0.6) is 11.5 Å². The maximum atomic E-state index is 12.2. The summed E-state index contributed by atoms with van der Waals surface area (Å²) in [4.78, 5) is 13.7. The van der Waals surface area contributed by atoms with Crippen LogP contribution in [0.25, 0.3) is 0 Å². The number of likely N-dealkylation sites (N-methyl/N-ethyl adjacent to an activating group) is 1. The Morgan fingerprint density at radius 3 is 2.76 bits per heavy atom. The Morgan fingerprint density at radius 1 is 1.29 bits per heavy atom. The van der Waals surface area contributed by atoms with Crippen molar-refractivity contribution in [2.75, 3.05) is 20.2 Å². The van der Waals surface area contributed by atoms with E-state index in [1.54, 1.807) is 19.2 Å². The summed E-state index contributed by atoms with van der Waals surface area (Å²) in [6.45, 7) is 0.791. The summed E-state index contributed by atoms with van der Waals surface area (Å²) in [5.41, 5.74) is 0. The fourth-order valence-electron chi connectivity index (χ4n) is 2.16. The number of amides is 1. The molecule has 0 saturated heterocycles. The summed E-state index contributed by atoms with van der Waals surface area (Å²) in [6, 6.07) is 10.6. The summed E-state index contributed by atoms with van der Waals surface area (Å²) in [6.07, 6.45) is -0.223. The number of hydrogen-bond donors (Lipinski definition) is 0. The molecular formula is C15H14ClNO4. The fraction of sp³-hybridized carbons (Fsp3) is 0.267. The van der Waals surface area contributed by atoms with Crippen molar-refractivity contribution < 1.29 is 18.7 Å². The molecule has 2 heterocycles. The maximum absolute atomic E-state index is 12.2. The molecule has 5 nitrogen and oxygen atoms in total. The van der Waals surface area contributed by atoms with Gasteiger partial charge in [0.1, 0.15) is 6.61 Å². The predicted octanol–water partition coefficient (Wildman–Crippen LogP) is 2.85. The molecule has 21 heavy (non-hydrogen) atoms. The minimum atomic E-state index is -0.246. The highest BCUT2D eigenvalue weighted by atomic mass is 35.5. The first-order chi connectivity index (χ1) is 10.1. The lowest BCUT2D eigenvalue weighted by Gasteiger charge is -2.29. The van der Waals surface area contributed by atoms with Gasteiger partial charge in [-0.2, -0.15) is 0 Å². The lowest BCUT2D eigenvalue weighted by atomic mass is 10.2. The number of carbonyl (C=O) groups excluding carboxylic acids is 1. The zero-order chi connectivity index (χ0) is 14.8. The van der Waals surface area contributed by atoms with E-state index in [0.717, 1.165) is 5.75 Å². The molecule has 1 aliphatic heterocycles. The first kappa shape index (κ1) is 13.8. The predicted molar refractivity (Wildman–Crippen MR) is 77.0 cm³/mol. The van der Waals surface area contributed by atoms with Gasteiger partial charge in [0.25, 0.3) is 5.91 Å². The first-order valence-electron chi connectivity index (χ1n) is 6.53. The number of furan rings is 1. The zero-order valence-electron chi connectivity index (χ0n) is 11.4. The Bertz CT molecular complexity index is 655. The number of fused-ring (bicyclic) bond motifs is 1. The average molecular weight is 308 g/mol. The van der Waals surface area contributed by atoms with Crippen LogP contribution in [0.1, 0.15) is 10.6 Å². The van der Waals surface area contributed by atoms with Gasteiger partial charge in [-0.05, 0) is 35.9 Å². The van der Waals surface area contributed by atoms with Crippen LogP contribution in [0.3, 0.4) is 0 Å². The molecule has 0 unspecified atom stereocenters. The smallest absolute Gasteiger partial charge is 0.289 e. The van der Waals surface area contributed by atoms with E-state index < -0.39 is 0 Å². The van der Waals surface area contributed by atoms with Crippen molar-refractivity contribution >= 4 is 17.5 Å². The number of halogens is 1. The second-order valence-electron chi connectivity index (χ2n) is 4.79. The molecule has 1 aromatic carbocycles. The van der Waals surface area contributed by atoms with E-state index in [0.29, 0.717) is 18.9 Å². The molecule has 1 aliphatic rings. The van der Waals surface area contributed by atoms with Crippen molar-refractivity contribution in [2.24, 2.45) is 0 Å². The van der Waals surface area contributed by atoms with E-state index in [1.807, 2.05) is 24.3 Å². The van der Waals surface area contributed by atoms with Gasteiger partial charge in [-0.3, -0.25) is 4.79 Å². The van der Waals surface area contributed by atoms with Crippen LogP contribution in [0.2, 0.25) is 5.22 Å². The van der Waals surface area contributed by atoms with Gasteiger partial charge in [0.2, 0.25) is 0 Å². The van der Waals surface area contributed by atoms with Gasteiger partial charge in [0.15, 0.2) is 28.6 Å². The number of rotatable bonds is 3. The van der Waals surface area contributed by atoms with Crippen molar-refractivity contribution in [1.29, 1.82) is 0 Å². The third kappa shape index (κ3) is 2.97. The minimum absolute atomic E-state index is 0.193. The van der Waals surface area contributed by atoms with Crippen LogP contribution in [-0.4, -0.2) is 37.1 Å². The topological polar surface area (TPSA) is 51.9 Å². The molecule has 1 aromatic heterocycles. The molecule has 1 amide bonds. The molecule has 0 fully saturated rings. The van der Waals surface area contributed by atoms with Crippen molar-refractivity contribution in [2.45, 2.75) is 6.10 Å². The van der Waals surface area contributed by atoms with E-state index >= 15 is 0 Å². The molecule has 0 bridgehead atoms. The Morgan fingerprint density at radius 2 is 2.05 bits per heavy atom. The van der Waals surface area contributed by atoms with Gasteiger partial charge in [-0.1, -0.05) is 12.1 Å². The number of ether oxygens (including phenoxy) is 2. The SMILES string of the molecule is CN(C[C@@H]1COc2ccccc2O1)C(=O)c1ccc(Cl)o1. The second-order valence-corrected chi connectivity index (χ2v) is 5.16. The van der Waals surface area contributed by atoms with E-state index in [-0.39, 0.29) is 23.0 Å². The maximum Gasteiger partial charge on any atom is 0.289 e. The van der Waals surface area contributed by atoms with Gasteiger partial charge in [-0.15, -0.1) is 0 Å². The Balaban J connectivity index is 1.63. The van der Waals surface area contributed by atoms with E-state index in [2.05, 4.69) is 0 Å². The van der Waals surface area contributed by atoms with Crippen molar-refractivity contribution in [3.63, 3.8) is 0 Å². The molecule has 0 radical (unpaired) electrons. The highest BCUT2D eigenvalue weighted by Crippen LogP contribution is 2.31. The van der Waals surface area contributed by atoms with Crippen molar-refractivity contribution in [1.82, 2.24) is 4.90 Å². The van der Waals surface area contributed by atoms with Crippen LogP contribution in [-0.2, 0) is 0 Å². The summed E-state index contributed by atoms with van der Waals surface area (Å²) in [7, 11) is 1.68. The standard InChI is InChI=1S/C15H14ClNO4/c1-17(15(18)13-6-7-14(16)21-13)8-10-9-19-11-4-2-3-5-12(11)20-10/h2-7,10H,8-9H2,1H3/t10-/m1/s1. The van der Waals surface area contributed by atoms with Gasteiger partial charge in [0, 0.05) is 7.05 Å². The molecule has 6 heteroatoms. The quantitative estimate of drug-likeness (QED) is 0.875. The summed E-state index contributed by atoms with van der Waals surface area (Å²) < 4.78 is 16.6. The summed E-state index contributed by atoms with van der Waals surface area (Å²) in [5, 5.41) is 0.193. The van der Waals surface area contributed by atoms with Gasteiger partial charge < -0.3 is 18.8 Å². The number of nitrogens with zero attached hydrogens (tertiary/aromatic N) is 1. The first-order valence-corrected chi connectivity index (χ1v) is 6.90. The van der Waals surface area contributed by atoms with Crippen molar-refractivity contribution in [3.05, 3.63) is 47.4 Å². The normalized spacial score (nSPS) is 16.6. The lowest BCUT2D eigenvalue weighted by Crippen LogP contribution is -2.41. The lowest BCUT2D eigenvalue weighted by molar-refractivity contribution is 0.0502.